The molecule has 2 aromatic carbocycles. The fourth-order valence-corrected chi connectivity index (χ4v) is 6.16. The maximum atomic E-state index is 13.3. The summed E-state index contributed by atoms with van der Waals surface area (Å²) in [6, 6.07) is 12.5. The summed E-state index contributed by atoms with van der Waals surface area (Å²) < 4.78 is 69.5. The molecule has 0 radical (unpaired) electrons. The van der Waals surface area contributed by atoms with Gasteiger partial charge >= 0.3 is 6.36 Å². The third-order valence-corrected chi connectivity index (χ3v) is 8.48. The minimum absolute atomic E-state index is 0.0235. The predicted octanol–water partition coefficient (Wildman–Crippen LogP) is 4.36. The van der Waals surface area contributed by atoms with Crippen molar-refractivity contribution in [2.75, 3.05) is 24.5 Å². The van der Waals surface area contributed by atoms with Gasteiger partial charge in [0.15, 0.2) is 0 Å². The van der Waals surface area contributed by atoms with E-state index in [-0.39, 0.29) is 19.0 Å². The Kier molecular flexibility index (Phi) is 6.17. The Morgan fingerprint density at radius 1 is 0.970 bits per heavy atom. The van der Waals surface area contributed by atoms with Crippen LogP contribution in [0.4, 0.5) is 18.9 Å². The number of sulfonamides is 1. The average Bonchev–Trinajstić information content (AvgIpc) is 3.09. The smallest absolute Gasteiger partial charge is 0.404 e. The van der Waals surface area contributed by atoms with Crippen molar-refractivity contribution in [3.05, 3.63) is 54.1 Å². The van der Waals surface area contributed by atoms with E-state index in [9.17, 15) is 26.4 Å². The molecule has 178 valence electrons. The number of alkyl halides is 3. The van der Waals surface area contributed by atoms with Crippen molar-refractivity contribution in [3.63, 3.8) is 0 Å². The predicted molar refractivity (Wildman–Crippen MR) is 116 cm³/mol. The normalized spacial score (nSPS) is 19.3. The number of hydrogen-bond acceptors (Lipinski definition) is 4. The molecule has 2 heterocycles. The van der Waals surface area contributed by atoms with E-state index in [1.54, 1.807) is 4.90 Å². The van der Waals surface area contributed by atoms with Gasteiger partial charge in [-0.3, -0.25) is 4.79 Å². The molecule has 2 aliphatic heterocycles. The number of nitrogens with zero attached hydrogens (tertiary/aromatic N) is 2. The number of amides is 1. The number of anilines is 1. The Hall–Kier alpha value is -2.59. The van der Waals surface area contributed by atoms with Crippen LogP contribution in [0.2, 0.25) is 0 Å². The van der Waals surface area contributed by atoms with Gasteiger partial charge in [-0.2, -0.15) is 4.31 Å². The minimum Gasteiger partial charge on any atom is -0.404 e. The quantitative estimate of drug-likeness (QED) is 0.635. The molecule has 1 spiro atoms. The highest BCUT2D eigenvalue weighted by Gasteiger charge is 2.50. The molecule has 2 saturated heterocycles. The van der Waals surface area contributed by atoms with Crippen LogP contribution >= 0.6 is 0 Å². The van der Waals surface area contributed by atoms with Crippen molar-refractivity contribution in [3.8, 4) is 5.75 Å². The number of carbonyl (C=O) groups excluding carboxylic acids is 1. The number of benzene rings is 2. The molecular formula is C23H25F3N2O4S. The zero-order valence-electron chi connectivity index (χ0n) is 18.1. The standard InChI is InChI=1S/C23H25F3N2O4S/c1-2-17-7-9-18(10-8-17)28-16-13-22(21(28)29)11-14-27(15-12-22)33(30,31)20-6-4-3-5-19(20)32-23(24,25)26/h3-10H,2,11-16H2,1H3. The van der Waals surface area contributed by atoms with E-state index in [1.807, 2.05) is 24.3 Å². The molecule has 0 aliphatic carbocycles. The van der Waals surface area contributed by atoms with E-state index < -0.39 is 32.4 Å². The lowest BCUT2D eigenvalue weighted by Gasteiger charge is -2.37. The molecule has 33 heavy (non-hydrogen) atoms. The first-order valence-electron chi connectivity index (χ1n) is 10.8. The number of para-hydroxylation sites is 1. The Bertz CT molecular complexity index is 1130. The second kappa shape index (κ2) is 8.64. The Labute approximate surface area is 191 Å². The molecule has 4 rings (SSSR count). The molecule has 0 unspecified atom stereocenters. The monoisotopic (exact) mass is 482 g/mol. The summed E-state index contributed by atoms with van der Waals surface area (Å²) in [4.78, 5) is 14.5. The number of ether oxygens (including phenoxy) is 1. The molecule has 6 nitrogen and oxygen atoms in total. The van der Waals surface area contributed by atoms with Crippen molar-refractivity contribution in [2.45, 2.75) is 43.9 Å². The van der Waals surface area contributed by atoms with Gasteiger partial charge in [-0.1, -0.05) is 31.2 Å². The number of carbonyl (C=O) groups is 1. The highest BCUT2D eigenvalue weighted by Crippen LogP contribution is 2.44. The lowest BCUT2D eigenvalue weighted by Crippen LogP contribution is -2.46. The van der Waals surface area contributed by atoms with Gasteiger partial charge in [0.25, 0.3) is 0 Å². The Morgan fingerprint density at radius 2 is 1.58 bits per heavy atom. The third kappa shape index (κ3) is 4.59. The summed E-state index contributed by atoms with van der Waals surface area (Å²) in [5, 5.41) is 0. The van der Waals surface area contributed by atoms with E-state index >= 15 is 0 Å². The van der Waals surface area contributed by atoms with Crippen molar-refractivity contribution >= 4 is 21.6 Å². The first-order chi connectivity index (χ1) is 15.6. The fourth-order valence-electron chi connectivity index (χ4n) is 4.61. The van der Waals surface area contributed by atoms with Crippen LogP contribution in [-0.2, 0) is 21.2 Å². The topological polar surface area (TPSA) is 66.9 Å². The van der Waals surface area contributed by atoms with E-state index in [2.05, 4.69) is 11.7 Å². The second-order valence-corrected chi connectivity index (χ2v) is 10.3. The van der Waals surface area contributed by atoms with Crippen molar-refractivity contribution < 1.29 is 31.1 Å². The summed E-state index contributed by atoms with van der Waals surface area (Å²) in [5.74, 6) is -0.784. The minimum atomic E-state index is -5.01. The molecule has 10 heteroatoms. The molecule has 0 atom stereocenters. The van der Waals surface area contributed by atoms with Gasteiger partial charge in [-0.15, -0.1) is 13.2 Å². The first-order valence-corrected chi connectivity index (χ1v) is 12.3. The largest absolute Gasteiger partial charge is 0.573 e. The summed E-state index contributed by atoms with van der Waals surface area (Å²) >= 11 is 0. The molecule has 2 aromatic rings. The van der Waals surface area contributed by atoms with E-state index in [0.717, 1.165) is 28.5 Å². The molecule has 1 amide bonds. The lowest BCUT2D eigenvalue weighted by atomic mass is 9.77. The van der Waals surface area contributed by atoms with E-state index in [1.165, 1.54) is 17.7 Å². The fraction of sp³-hybridized carbons (Fsp3) is 0.435. The SMILES string of the molecule is CCc1ccc(N2CCC3(CCN(S(=O)(=O)c4ccccc4OC(F)(F)F)CC3)C2=O)cc1. The zero-order chi connectivity index (χ0) is 23.9. The van der Waals surface area contributed by atoms with Gasteiger partial charge in [0.2, 0.25) is 15.9 Å². The summed E-state index contributed by atoms with van der Waals surface area (Å²) in [6.45, 7) is 2.72. The number of hydrogen-bond donors (Lipinski definition) is 0. The maximum Gasteiger partial charge on any atom is 0.573 e. The maximum absolute atomic E-state index is 13.3. The van der Waals surface area contributed by atoms with Crippen molar-refractivity contribution in [2.24, 2.45) is 5.41 Å². The highest BCUT2D eigenvalue weighted by atomic mass is 32.2. The van der Waals surface area contributed by atoms with Gasteiger partial charge in [0, 0.05) is 25.3 Å². The van der Waals surface area contributed by atoms with E-state index in [0.29, 0.717) is 25.8 Å². The van der Waals surface area contributed by atoms with Gasteiger partial charge in [0.1, 0.15) is 10.6 Å². The van der Waals surface area contributed by atoms with E-state index in [4.69, 9.17) is 0 Å². The molecular weight excluding hydrogens is 457 g/mol. The molecule has 0 N–H and O–H groups in total. The molecule has 0 bridgehead atoms. The lowest BCUT2D eigenvalue weighted by molar-refractivity contribution is -0.275. The van der Waals surface area contributed by atoms with Crippen LogP contribution in [0.25, 0.3) is 0 Å². The average molecular weight is 483 g/mol. The van der Waals surface area contributed by atoms with Crippen LogP contribution in [0.3, 0.4) is 0 Å². The number of rotatable bonds is 5. The molecule has 2 aliphatic rings. The van der Waals surface area contributed by atoms with Gasteiger partial charge < -0.3 is 9.64 Å². The van der Waals surface area contributed by atoms with Crippen LogP contribution in [0.5, 0.6) is 5.75 Å². The summed E-state index contributed by atoms with van der Waals surface area (Å²) in [6.07, 6.45) is -2.86. The van der Waals surface area contributed by atoms with Gasteiger partial charge in [-0.25, -0.2) is 8.42 Å². The molecule has 2 fully saturated rings. The van der Waals surface area contributed by atoms with Gasteiger partial charge in [-0.05, 0) is 55.5 Å². The number of piperidine rings is 1. The third-order valence-electron chi connectivity index (χ3n) is 6.54. The van der Waals surface area contributed by atoms with Crippen LogP contribution in [0, 0.1) is 5.41 Å². The summed E-state index contributed by atoms with van der Waals surface area (Å²) in [5.41, 5.74) is 1.34. The van der Waals surface area contributed by atoms with Crippen molar-refractivity contribution in [1.82, 2.24) is 4.31 Å². The van der Waals surface area contributed by atoms with Crippen molar-refractivity contribution in [1.29, 1.82) is 0 Å². The number of halogens is 3. The van der Waals surface area contributed by atoms with Crippen LogP contribution < -0.4 is 9.64 Å². The van der Waals surface area contributed by atoms with Crippen LogP contribution in [0.1, 0.15) is 31.7 Å². The Morgan fingerprint density at radius 3 is 2.18 bits per heavy atom. The van der Waals surface area contributed by atoms with Crippen LogP contribution in [-0.4, -0.2) is 44.6 Å². The number of aryl methyl sites for hydroxylation is 1. The highest BCUT2D eigenvalue weighted by molar-refractivity contribution is 7.89. The molecule has 0 aromatic heterocycles. The first kappa shape index (κ1) is 23.6. The Balaban J connectivity index is 1.49. The van der Waals surface area contributed by atoms with Crippen LogP contribution in [0.15, 0.2) is 53.4 Å². The summed E-state index contributed by atoms with van der Waals surface area (Å²) in [7, 11) is -4.22. The zero-order valence-corrected chi connectivity index (χ0v) is 19.0. The molecule has 0 saturated carbocycles. The van der Waals surface area contributed by atoms with Gasteiger partial charge in [0.05, 0.1) is 5.41 Å². The second-order valence-electron chi connectivity index (χ2n) is 8.41.